The highest BCUT2D eigenvalue weighted by Gasteiger charge is 2.29. The number of Topliss-reactive ketones (excluding diaryl/α,β-unsaturated/α-hetero) is 1. The summed E-state index contributed by atoms with van der Waals surface area (Å²) in [4.78, 5) is 15.3. The quantitative estimate of drug-likeness (QED) is 0.777. The third-order valence-electron chi connectivity index (χ3n) is 5.06. The normalized spacial score (nSPS) is 17.2. The first-order chi connectivity index (χ1) is 11.2. The summed E-state index contributed by atoms with van der Waals surface area (Å²) in [6, 6.07) is 10.9. The van der Waals surface area contributed by atoms with Gasteiger partial charge >= 0.3 is 0 Å². The molecule has 3 nitrogen and oxygen atoms in total. The van der Waals surface area contributed by atoms with Crippen molar-refractivity contribution in [3.63, 3.8) is 0 Å². The van der Waals surface area contributed by atoms with Crippen LogP contribution in [0.2, 0.25) is 0 Å². The van der Waals surface area contributed by atoms with Crippen molar-refractivity contribution in [3.8, 4) is 0 Å². The van der Waals surface area contributed by atoms with Crippen molar-refractivity contribution in [2.24, 2.45) is 0 Å². The number of carbonyl (C=O) groups is 1. The number of anilines is 1. The number of aromatic nitrogens is 1. The maximum Gasteiger partial charge on any atom is 0.183 e. The molecule has 0 saturated carbocycles. The van der Waals surface area contributed by atoms with Gasteiger partial charge in [-0.2, -0.15) is 0 Å². The van der Waals surface area contributed by atoms with Crippen LogP contribution in [0, 0.1) is 13.8 Å². The fourth-order valence-corrected chi connectivity index (χ4v) is 4.19. The highest BCUT2D eigenvalue weighted by molar-refractivity contribution is 6.01. The van der Waals surface area contributed by atoms with Crippen LogP contribution in [0.25, 0.3) is 0 Å². The van der Waals surface area contributed by atoms with E-state index < -0.39 is 0 Å². The van der Waals surface area contributed by atoms with Crippen molar-refractivity contribution in [1.29, 1.82) is 0 Å². The van der Waals surface area contributed by atoms with E-state index in [9.17, 15) is 4.79 Å². The van der Waals surface area contributed by atoms with Crippen molar-refractivity contribution >= 4 is 11.5 Å². The molecule has 1 aromatic carbocycles. The van der Waals surface area contributed by atoms with Crippen LogP contribution >= 0.6 is 0 Å². The van der Waals surface area contributed by atoms with Gasteiger partial charge in [-0.25, -0.2) is 0 Å². The van der Waals surface area contributed by atoms with Gasteiger partial charge in [-0.15, -0.1) is 0 Å². The van der Waals surface area contributed by atoms with E-state index in [1.165, 1.54) is 11.3 Å². The Bertz CT molecular complexity index is 780. The average molecular weight is 324 g/mol. The lowest BCUT2D eigenvalue weighted by molar-refractivity contribution is 0.0997. The monoisotopic (exact) mass is 324 g/mol. The van der Waals surface area contributed by atoms with Gasteiger partial charge in [0.05, 0.1) is 6.54 Å². The summed E-state index contributed by atoms with van der Waals surface area (Å²) in [6.45, 7) is 13.3. The van der Waals surface area contributed by atoms with E-state index in [1.54, 1.807) is 0 Å². The molecule has 1 aliphatic heterocycles. The second kappa shape index (κ2) is 5.80. The lowest BCUT2D eigenvalue weighted by Crippen LogP contribution is -2.34. The molecule has 0 aliphatic carbocycles. The van der Waals surface area contributed by atoms with Crippen LogP contribution in [-0.4, -0.2) is 22.9 Å². The Morgan fingerprint density at radius 1 is 1.21 bits per heavy atom. The Balaban J connectivity index is 1.89. The lowest BCUT2D eigenvalue weighted by atomic mass is 10.1. The molecule has 1 aliphatic rings. The summed E-state index contributed by atoms with van der Waals surface area (Å²) in [6.07, 6.45) is 1.02. The van der Waals surface area contributed by atoms with Gasteiger partial charge in [0.1, 0.15) is 0 Å². The first-order valence-electron chi connectivity index (χ1n) is 8.77. The van der Waals surface area contributed by atoms with Crippen LogP contribution in [-0.2, 0) is 12.0 Å². The molecule has 0 spiro atoms. The number of ketones is 1. The van der Waals surface area contributed by atoms with E-state index in [-0.39, 0.29) is 11.3 Å². The van der Waals surface area contributed by atoms with E-state index in [0.29, 0.717) is 12.6 Å². The van der Waals surface area contributed by atoms with Crippen LogP contribution in [0.3, 0.4) is 0 Å². The molecule has 1 aromatic heterocycles. The standard InChI is InChI=1S/C21H28N2O/c1-14-11-17-9-7-8-10-19(17)22(14)13-20(24)18-12-15(2)23(16(18)3)21(4,5)6/h7-10,12,14H,11,13H2,1-6H3. The molecular weight excluding hydrogens is 296 g/mol. The molecule has 2 heterocycles. The number of benzene rings is 1. The predicted octanol–water partition coefficient (Wildman–Crippen LogP) is 4.49. The summed E-state index contributed by atoms with van der Waals surface area (Å²) in [5, 5.41) is 0. The fraction of sp³-hybridized carbons (Fsp3) is 0.476. The maximum absolute atomic E-state index is 13.0. The van der Waals surface area contributed by atoms with Gasteiger partial charge in [0.15, 0.2) is 5.78 Å². The molecule has 1 atom stereocenters. The number of hydrogen-bond acceptors (Lipinski definition) is 2. The SMILES string of the molecule is Cc1cc(C(=O)CN2c3ccccc3CC2C)c(C)n1C(C)(C)C. The van der Waals surface area contributed by atoms with E-state index in [4.69, 9.17) is 0 Å². The van der Waals surface area contributed by atoms with Gasteiger partial charge < -0.3 is 9.47 Å². The summed E-state index contributed by atoms with van der Waals surface area (Å²) in [5.74, 6) is 0.210. The fourth-order valence-electron chi connectivity index (χ4n) is 4.19. The minimum Gasteiger partial charge on any atom is -0.361 e. The van der Waals surface area contributed by atoms with Gasteiger partial charge in [-0.05, 0) is 65.7 Å². The van der Waals surface area contributed by atoms with E-state index in [1.807, 2.05) is 0 Å². The first kappa shape index (κ1) is 16.8. The molecule has 0 N–H and O–H groups in total. The van der Waals surface area contributed by atoms with E-state index in [0.717, 1.165) is 23.4 Å². The van der Waals surface area contributed by atoms with Crippen LogP contribution in [0.1, 0.15) is 55.0 Å². The average Bonchev–Trinajstić information content (AvgIpc) is 2.95. The third kappa shape index (κ3) is 2.77. The molecule has 0 amide bonds. The van der Waals surface area contributed by atoms with E-state index >= 15 is 0 Å². The first-order valence-corrected chi connectivity index (χ1v) is 8.77. The number of aryl methyl sites for hydroxylation is 1. The highest BCUT2D eigenvalue weighted by atomic mass is 16.1. The van der Waals surface area contributed by atoms with Crippen LogP contribution in [0.15, 0.2) is 30.3 Å². The topological polar surface area (TPSA) is 25.2 Å². The molecule has 3 heteroatoms. The van der Waals surface area contributed by atoms with Gasteiger partial charge in [-0.3, -0.25) is 4.79 Å². The Morgan fingerprint density at radius 2 is 1.88 bits per heavy atom. The maximum atomic E-state index is 13.0. The van der Waals surface area contributed by atoms with Gasteiger partial charge in [0.25, 0.3) is 0 Å². The zero-order valence-electron chi connectivity index (χ0n) is 15.7. The molecule has 128 valence electrons. The smallest absolute Gasteiger partial charge is 0.183 e. The molecule has 0 saturated heterocycles. The molecule has 0 bridgehead atoms. The summed E-state index contributed by atoms with van der Waals surface area (Å²) in [7, 11) is 0. The van der Waals surface area contributed by atoms with Crippen molar-refractivity contribution < 1.29 is 4.79 Å². The van der Waals surface area contributed by atoms with Crippen molar-refractivity contribution in [2.75, 3.05) is 11.4 Å². The van der Waals surface area contributed by atoms with Crippen molar-refractivity contribution in [1.82, 2.24) is 4.57 Å². The predicted molar refractivity (Wildman–Crippen MR) is 100 cm³/mol. The van der Waals surface area contributed by atoms with E-state index in [2.05, 4.69) is 81.3 Å². The number of para-hydroxylation sites is 1. The second-order valence-electron chi connectivity index (χ2n) is 8.02. The molecule has 2 aromatic rings. The lowest BCUT2D eigenvalue weighted by Gasteiger charge is -2.26. The summed E-state index contributed by atoms with van der Waals surface area (Å²) < 4.78 is 2.27. The molecule has 0 fully saturated rings. The van der Waals surface area contributed by atoms with Crippen LogP contribution < -0.4 is 4.90 Å². The highest BCUT2D eigenvalue weighted by Crippen LogP contribution is 2.32. The zero-order chi connectivity index (χ0) is 17.6. The van der Waals surface area contributed by atoms with Gasteiger partial charge in [0, 0.05) is 34.2 Å². The number of nitrogens with zero attached hydrogens (tertiary/aromatic N) is 2. The van der Waals surface area contributed by atoms with Crippen molar-refractivity contribution in [2.45, 2.75) is 59.5 Å². The molecular formula is C21H28N2O. The van der Waals surface area contributed by atoms with Gasteiger partial charge in [0.2, 0.25) is 0 Å². The molecule has 24 heavy (non-hydrogen) atoms. The number of carbonyl (C=O) groups excluding carboxylic acids is 1. The van der Waals surface area contributed by atoms with Gasteiger partial charge in [-0.1, -0.05) is 18.2 Å². The number of fused-ring (bicyclic) bond motifs is 1. The van der Waals surface area contributed by atoms with Crippen LogP contribution in [0.4, 0.5) is 5.69 Å². The Labute approximate surface area is 145 Å². The molecule has 1 unspecified atom stereocenters. The zero-order valence-corrected chi connectivity index (χ0v) is 15.7. The minimum absolute atomic E-state index is 0.0137. The summed E-state index contributed by atoms with van der Waals surface area (Å²) >= 11 is 0. The molecule has 0 radical (unpaired) electrons. The second-order valence-corrected chi connectivity index (χ2v) is 8.02. The largest absolute Gasteiger partial charge is 0.361 e. The number of rotatable bonds is 3. The van der Waals surface area contributed by atoms with Crippen LogP contribution in [0.5, 0.6) is 0 Å². The Morgan fingerprint density at radius 3 is 2.50 bits per heavy atom. The minimum atomic E-state index is -0.0137. The Kier molecular flexibility index (Phi) is 4.06. The third-order valence-corrected chi connectivity index (χ3v) is 5.06. The van der Waals surface area contributed by atoms with Crippen molar-refractivity contribution in [3.05, 3.63) is 52.8 Å². The summed E-state index contributed by atoms with van der Waals surface area (Å²) in [5.41, 5.74) is 5.63. The molecule has 3 rings (SSSR count). The Hall–Kier alpha value is -2.03. The number of hydrogen-bond donors (Lipinski definition) is 0.